The Bertz CT molecular complexity index is 499. The van der Waals surface area contributed by atoms with Crippen LogP contribution < -0.4 is 0 Å². The van der Waals surface area contributed by atoms with Gasteiger partial charge in [-0.2, -0.15) is 0 Å². The lowest BCUT2D eigenvalue weighted by molar-refractivity contribution is 0.0696. The zero-order chi connectivity index (χ0) is 15.4. The first-order valence-electron chi connectivity index (χ1n) is 7.45. The molecular weight excluding hydrogens is 271 g/mol. The molecule has 0 unspecified atom stereocenters. The molecule has 21 heavy (non-hydrogen) atoms. The zero-order valence-electron chi connectivity index (χ0n) is 12.7. The first-order chi connectivity index (χ1) is 10.0. The highest BCUT2D eigenvalue weighted by molar-refractivity contribution is 5.87. The van der Waals surface area contributed by atoms with Crippen molar-refractivity contribution in [2.24, 2.45) is 0 Å². The molecule has 1 heterocycles. The quantitative estimate of drug-likeness (QED) is 0.906. The van der Waals surface area contributed by atoms with Gasteiger partial charge in [-0.25, -0.2) is 9.18 Å². The van der Waals surface area contributed by atoms with E-state index >= 15 is 0 Å². The lowest BCUT2D eigenvalue weighted by atomic mass is 10.0. The predicted octanol–water partition coefficient (Wildman–Crippen LogP) is 2.44. The number of carboxylic acid groups (broad SMARTS) is 1. The largest absolute Gasteiger partial charge is 0.478 e. The van der Waals surface area contributed by atoms with Gasteiger partial charge in [0, 0.05) is 18.2 Å². The molecule has 0 spiro atoms. The molecule has 0 radical (unpaired) electrons. The highest BCUT2D eigenvalue weighted by Crippen LogP contribution is 2.19. The zero-order valence-corrected chi connectivity index (χ0v) is 12.7. The minimum atomic E-state index is -1.10. The molecule has 1 saturated heterocycles. The molecule has 0 atom stereocenters. The van der Waals surface area contributed by atoms with Gasteiger partial charge in [0.2, 0.25) is 0 Å². The molecule has 1 aromatic carbocycles. The van der Waals surface area contributed by atoms with Crippen LogP contribution in [0.1, 0.15) is 35.7 Å². The van der Waals surface area contributed by atoms with Crippen molar-refractivity contribution in [3.05, 3.63) is 35.1 Å². The monoisotopic (exact) mass is 294 g/mol. The van der Waals surface area contributed by atoms with E-state index in [9.17, 15) is 9.18 Å². The molecule has 0 aliphatic carbocycles. The van der Waals surface area contributed by atoms with Gasteiger partial charge in [0.15, 0.2) is 0 Å². The third kappa shape index (κ3) is 4.02. The van der Waals surface area contributed by atoms with E-state index in [2.05, 4.69) is 16.7 Å². The molecule has 0 amide bonds. The van der Waals surface area contributed by atoms with E-state index < -0.39 is 11.8 Å². The number of carboxylic acids is 1. The Morgan fingerprint density at radius 3 is 2.62 bits per heavy atom. The number of hydrogen-bond donors (Lipinski definition) is 1. The Balaban J connectivity index is 1.96. The Labute approximate surface area is 125 Å². The SMILES string of the molecule is CCN1CCC(N(C)Cc2ccc(C(=O)O)cc2F)CC1. The molecule has 1 aromatic rings. The molecule has 1 N–H and O–H groups in total. The van der Waals surface area contributed by atoms with Crippen LogP contribution in [0.4, 0.5) is 4.39 Å². The maximum Gasteiger partial charge on any atom is 0.335 e. The summed E-state index contributed by atoms with van der Waals surface area (Å²) in [5.41, 5.74) is 0.551. The summed E-state index contributed by atoms with van der Waals surface area (Å²) in [7, 11) is 2.01. The van der Waals surface area contributed by atoms with Crippen LogP contribution in [0.5, 0.6) is 0 Å². The highest BCUT2D eigenvalue weighted by atomic mass is 19.1. The molecule has 1 aliphatic rings. The van der Waals surface area contributed by atoms with E-state index in [4.69, 9.17) is 5.11 Å². The second-order valence-electron chi connectivity index (χ2n) is 5.69. The van der Waals surface area contributed by atoms with E-state index in [-0.39, 0.29) is 5.56 Å². The number of aromatic carboxylic acids is 1. The maximum atomic E-state index is 14.0. The van der Waals surface area contributed by atoms with Crippen molar-refractivity contribution in [1.29, 1.82) is 0 Å². The number of hydrogen-bond acceptors (Lipinski definition) is 3. The van der Waals surface area contributed by atoms with Crippen LogP contribution in [0.15, 0.2) is 18.2 Å². The van der Waals surface area contributed by atoms with Crippen LogP contribution in [0.25, 0.3) is 0 Å². The summed E-state index contributed by atoms with van der Waals surface area (Å²) in [6.45, 7) is 5.95. The molecule has 5 heteroatoms. The van der Waals surface area contributed by atoms with Crippen LogP contribution >= 0.6 is 0 Å². The molecular formula is C16H23FN2O2. The van der Waals surface area contributed by atoms with Crippen LogP contribution in [0, 0.1) is 5.82 Å². The summed E-state index contributed by atoms with van der Waals surface area (Å²) >= 11 is 0. The minimum absolute atomic E-state index is 0.00448. The van der Waals surface area contributed by atoms with Crippen molar-refractivity contribution in [3.8, 4) is 0 Å². The van der Waals surface area contributed by atoms with Gasteiger partial charge in [0.25, 0.3) is 0 Å². The van der Waals surface area contributed by atoms with E-state index in [0.29, 0.717) is 18.2 Å². The fraction of sp³-hybridized carbons (Fsp3) is 0.562. The summed E-state index contributed by atoms with van der Waals surface area (Å²) in [6.07, 6.45) is 2.19. The number of benzene rings is 1. The third-order valence-corrected chi connectivity index (χ3v) is 4.35. The number of nitrogens with zero attached hydrogens (tertiary/aromatic N) is 2. The number of halogens is 1. The Morgan fingerprint density at radius 1 is 1.43 bits per heavy atom. The van der Waals surface area contributed by atoms with Crippen LogP contribution in [0.3, 0.4) is 0 Å². The third-order valence-electron chi connectivity index (χ3n) is 4.35. The van der Waals surface area contributed by atoms with Gasteiger partial charge in [-0.15, -0.1) is 0 Å². The molecule has 2 rings (SSSR count). The van der Waals surface area contributed by atoms with Gasteiger partial charge < -0.3 is 10.0 Å². The fourth-order valence-electron chi connectivity index (χ4n) is 2.88. The second-order valence-corrected chi connectivity index (χ2v) is 5.69. The highest BCUT2D eigenvalue weighted by Gasteiger charge is 2.22. The summed E-state index contributed by atoms with van der Waals surface area (Å²) in [6, 6.07) is 4.61. The number of carbonyl (C=O) groups is 1. The van der Waals surface area contributed by atoms with Crippen LogP contribution in [-0.2, 0) is 6.54 Å². The van der Waals surface area contributed by atoms with E-state index in [1.165, 1.54) is 6.07 Å². The topological polar surface area (TPSA) is 43.8 Å². The number of piperidine rings is 1. The first-order valence-corrected chi connectivity index (χ1v) is 7.45. The molecule has 1 aliphatic heterocycles. The lowest BCUT2D eigenvalue weighted by Gasteiger charge is -2.36. The second kappa shape index (κ2) is 7.00. The fourth-order valence-corrected chi connectivity index (χ4v) is 2.88. The minimum Gasteiger partial charge on any atom is -0.478 e. The summed E-state index contributed by atoms with van der Waals surface area (Å²) in [4.78, 5) is 15.4. The molecule has 4 nitrogen and oxygen atoms in total. The van der Waals surface area contributed by atoms with Gasteiger partial charge >= 0.3 is 5.97 Å². The molecule has 0 saturated carbocycles. The van der Waals surface area contributed by atoms with Gasteiger partial charge in [-0.1, -0.05) is 13.0 Å². The smallest absolute Gasteiger partial charge is 0.335 e. The van der Waals surface area contributed by atoms with Crippen molar-refractivity contribution < 1.29 is 14.3 Å². The molecule has 116 valence electrons. The Kier molecular flexibility index (Phi) is 5.31. The average Bonchev–Trinajstić information content (AvgIpc) is 2.49. The first kappa shape index (κ1) is 15.9. The van der Waals surface area contributed by atoms with Crippen LogP contribution in [0.2, 0.25) is 0 Å². The number of rotatable bonds is 5. The maximum absolute atomic E-state index is 14.0. The summed E-state index contributed by atoms with van der Waals surface area (Å²) in [5.74, 6) is -1.53. The van der Waals surface area contributed by atoms with Crippen molar-refractivity contribution >= 4 is 5.97 Å². The Hall–Kier alpha value is -1.46. The number of likely N-dealkylation sites (tertiary alicyclic amines) is 1. The normalized spacial score (nSPS) is 17.3. The lowest BCUT2D eigenvalue weighted by Crippen LogP contribution is -2.43. The van der Waals surface area contributed by atoms with Gasteiger partial charge in [-0.3, -0.25) is 4.90 Å². The average molecular weight is 294 g/mol. The summed E-state index contributed by atoms with van der Waals surface area (Å²) < 4.78 is 14.0. The van der Waals surface area contributed by atoms with E-state index in [1.54, 1.807) is 6.07 Å². The van der Waals surface area contributed by atoms with E-state index in [1.807, 2.05) is 7.05 Å². The van der Waals surface area contributed by atoms with Crippen LogP contribution in [-0.4, -0.2) is 53.6 Å². The molecule has 0 aromatic heterocycles. The van der Waals surface area contributed by atoms with E-state index in [0.717, 1.165) is 38.5 Å². The van der Waals surface area contributed by atoms with Gasteiger partial charge in [0.05, 0.1) is 5.56 Å². The summed E-state index contributed by atoms with van der Waals surface area (Å²) in [5, 5.41) is 8.85. The van der Waals surface area contributed by atoms with Gasteiger partial charge in [0.1, 0.15) is 5.82 Å². The van der Waals surface area contributed by atoms with Crippen molar-refractivity contribution in [1.82, 2.24) is 9.80 Å². The Morgan fingerprint density at radius 2 is 2.10 bits per heavy atom. The van der Waals surface area contributed by atoms with Gasteiger partial charge in [-0.05, 0) is 51.7 Å². The van der Waals surface area contributed by atoms with Crippen molar-refractivity contribution in [2.75, 3.05) is 26.7 Å². The standard InChI is InChI=1S/C16H23FN2O2/c1-3-19-8-6-14(7-9-19)18(2)11-13-5-4-12(16(20)21)10-15(13)17/h4-5,10,14H,3,6-9,11H2,1-2H3,(H,20,21). The predicted molar refractivity (Wildman–Crippen MR) is 80.0 cm³/mol. The van der Waals surface area contributed by atoms with Crippen molar-refractivity contribution in [2.45, 2.75) is 32.4 Å². The molecule has 0 bridgehead atoms. The van der Waals surface area contributed by atoms with Crippen molar-refractivity contribution in [3.63, 3.8) is 0 Å². The molecule has 1 fully saturated rings.